The molecule has 0 radical (unpaired) electrons. The first-order chi connectivity index (χ1) is 14.3. The van der Waals surface area contributed by atoms with Gasteiger partial charge in [0.05, 0.1) is 23.6 Å². The predicted octanol–water partition coefficient (Wildman–Crippen LogP) is 1.63. The second kappa shape index (κ2) is 8.00. The van der Waals surface area contributed by atoms with Crippen molar-refractivity contribution in [2.24, 2.45) is 4.99 Å². The summed E-state index contributed by atoms with van der Waals surface area (Å²) < 4.78 is 33.7. The van der Waals surface area contributed by atoms with E-state index in [0.29, 0.717) is 16.9 Å². The molecule has 2 aromatic heterocycles. The van der Waals surface area contributed by atoms with E-state index in [1.54, 1.807) is 36.5 Å². The van der Waals surface area contributed by atoms with Gasteiger partial charge >= 0.3 is 5.97 Å². The van der Waals surface area contributed by atoms with Crippen LogP contribution in [0.1, 0.15) is 17.7 Å². The van der Waals surface area contributed by atoms with Gasteiger partial charge in [-0.3, -0.25) is 23.7 Å². The van der Waals surface area contributed by atoms with Gasteiger partial charge in [0.25, 0.3) is 15.6 Å². The average Bonchev–Trinajstić information content (AvgIpc) is 2.97. The fourth-order valence-corrected chi connectivity index (χ4v) is 4.52. The highest BCUT2D eigenvalue weighted by molar-refractivity contribution is 9.10. The standard InChI is InChI=1S/C19H15BrN4O5S/c20-12-5-6-16-22-13(9-17(25)24(16)10-12)11-29-18(26)7-8-21-19-14-3-1-2-4-15(14)30(27,28)23-19/h1-6,9-10H,7-8,11H2,(H,21,23). The van der Waals surface area contributed by atoms with Crippen LogP contribution < -0.4 is 10.3 Å². The fourth-order valence-electron chi connectivity index (χ4n) is 2.94. The van der Waals surface area contributed by atoms with E-state index in [9.17, 15) is 18.0 Å². The molecule has 0 saturated carbocycles. The van der Waals surface area contributed by atoms with Crippen molar-refractivity contribution in [1.82, 2.24) is 14.1 Å². The number of amidine groups is 1. The lowest BCUT2D eigenvalue weighted by Gasteiger charge is -2.06. The van der Waals surface area contributed by atoms with Crippen molar-refractivity contribution < 1.29 is 17.9 Å². The Bertz CT molecular complexity index is 1350. The molecule has 30 heavy (non-hydrogen) atoms. The molecule has 154 valence electrons. The van der Waals surface area contributed by atoms with Gasteiger partial charge in [-0.25, -0.2) is 13.4 Å². The van der Waals surface area contributed by atoms with Gasteiger partial charge in [0.15, 0.2) is 0 Å². The minimum atomic E-state index is -3.62. The van der Waals surface area contributed by atoms with E-state index in [2.05, 4.69) is 30.6 Å². The third-order valence-corrected chi connectivity index (χ3v) is 6.17. The molecule has 3 aromatic rings. The Morgan fingerprint density at radius 2 is 2.03 bits per heavy atom. The molecule has 1 aromatic carbocycles. The van der Waals surface area contributed by atoms with Crippen molar-refractivity contribution in [2.45, 2.75) is 17.9 Å². The second-order valence-electron chi connectivity index (χ2n) is 6.40. The molecule has 0 amide bonds. The van der Waals surface area contributed by atoms with Crippen LogP contribution in [-0.4, -0.2) is 36.2 Å². The first-order valence-electron chi connectivity index (χ1n) is 8.84. The highest BCUT2D eigenvalue weighted by Gasteiger charge is 2.29. The van der Waals surface area contributed by atoms with Crippen LogP contribution in [-0.2, 0) is 26.2 Å². The minimum absolute atomic E-state index is 0.0485. The molecule has 0 aliphatic carbocycles. The molecule has 4 rings (SSSR count). The summed E-state index contributed by atoms with van der Waals surface area (Å²) in [5.41, 5.74) is 0.957. The van der Waals surface area contributed by atoms with Gasteiger partial charge in [0, 0.05) is 22.3 Å². The number of nitrogens with one attached hydrogen (secondary N) is 1. The van der Waals surface area contributed by atoms with Crippen LogP contribution in [0, 0.1) is 0 Å². The molecular weight excluding hydrogens is 476 g/mol. The molecule has 11 heteroatoms. The van der Waals surface area contributed by atoms with Crippen LogP contribution in [0.4, 0.5) is 0 Å². The SMILES string of the molecule is O=C(CCN=C1NS(=O)(=O)c2ccccc21)OCc1cc(=O)n2cc(Br)ccc2n1. The summed E-state index contributed by atoms with van der Waals surface area (Å²) in [6, 6.07) is 11.2. The first kappa shape index (κ1) is 20.2. The van der Waals surface area contributed by atoms with E-state index >= 15 is 0 Å². The van der Waals surface area contributed by atoms with Gasteiger partial charge in [-0.15, -0.1) is 0 Å². The number of ether oxygens (including phenoxy) is 1. The fraction of sp³-hybridized carbons (Fsp3) is 0.158. The Hall–Kier alpha value is -3.05. The van der Waals surface area contributed by atoms with Crippen LogP contribution in [0.2, 0.25) is 0 Å². The quantitative estimate of drug-likeness (QED) is 0.542. The largest absolute Gasteiger partial charge is 0.459 e. The molecule has 0 unspecified atom stereocenters. The number of pyridine rings is 1. The lowest BCUT2D eigenvalue weighted by atomic mass is 10.2. The smallest absolute Gasteiger partial charge is 0.308 e. The normalized spacial score (nSPS) is 15.7. The van der Waals surface area contributed by atoms with E-state index < -0.39 is 16.0 Å². The topological polar surface area (TPSA) is 119 Å². The van der Waals surface area contributed by atoms with Crippen molar-refractivity contribution in [2.75, 3.05) is 6.54 Å². The van der Waals surface area contributed by atoms with Crippen LogP contribution in [0.15, 0.2) is 67.8 Å². The van der Waals surface area contributed by atoms with Crippen molar-refractivity contribution in [3.63, 3.8) is 0 Å². The third-order valence-electron chi connectivity index (χ3n) is 4.31. The zero-order chi connectivity index (χ0) is 21.3. The average molecular weight is 491 g/mol. The molecular formula is C19H15BrN4O5S. The number of esters is 1. The van der Waals surface area contributed by atoms with E-state index in [1.807, 2.05) is 0 Å². The number of halogens is 1. The van der Waals surface area contributed by atoms with Gasteiger partial charge in [-0.1, -0.05) is 12.1 Å². The zero-order valence-corrected chi connectivity index (χ0v) is 17.8. The predicted molar refractivity (Wildman–Crippen MR) is 112 cm³/mol. The van der Waals surface area contributed by atoms with Crippen molar-refractivity contribution >= 4 is 43.4 Å². The molecule has 0 bridgehead atoms. The summed E-state index contributed by atoms with van der Waals surface area (Å²) >= 11 is 3.29. The molecule has 1 aliphatic heterocycles. The number of carbonyl (C=O) groups excluding carboxylic acids is 1. The Labute approximate surface area is 179 Å². The van der Waals surface area contributed by atoms with Gasteiger partial charge in [0.1, 0.15) is 18.1 Å². The number of aliphatic imine (C=N–C) groups is 1. The molecule has 0 saturated heterocycles. The number of rotatable bonds is 5. The van der Waals surface area contributed by atoms with E-state index in [1.165, 1.54) is 16.5 Å². The summed E-state index contributed by atoms with van der Waals surface area (Å²) in [4.78, 5) is 32.8. The molecule has 3 heterocycles. The molecule has 0 atom stereocenters. The molecule has 9 nitrogen and oxygen atoms in total. The third kappa shape index (κ3) is 4.12. The Morgan fingerprint density at radius 3 is 2.87 bits per heavy atom. The second-order valence-corrected chi connectivity index (χ2v) is 8.97. The minimum Gasteiger partial charge on any atom is -0.459 e. The van der Waals surface area contributed by atoms with E-state index in [-0.39, 0.29) is 35.9 Å². The number of hydrogen-bond donors (Lipinski definition) is 1. The summed E-state index contributed by atoms with van der Waals surface area (Å²) in [6.07, 6.45) is 1.56. The van der Waals surface area contributed by atoms with Crippen LogP contribution in [0.3, 0.4) is 0 Å². The number of hydrogen-bond acceptors (Lipinski definition) is 7. The highest BCUT2D eigenvalue weighted by Crippen LogP contribution is 2.22. The van der Waals surface area contributed by atoms with Crippen molar-refractivity contribution in [3.8, 4) is 0 Å². The highest BCUT2D eigenvalue weighted by atomic mass is 79.9. The number of nitrogens with zero attached hydrogens (tertiary/aromatic N) is 3. The van der Waals surface area contributed by atoms with Gasteiger partial charge in [0.2, 0.25) is 0 Å². The van der Waals surface area contributed by atoms with Crippen molar-refractivity contribution in [3.05, 3.63) is 74.7 Å². The maximum absolute atomic E-state index is 12.2. The monoisotopic (exact) mass is 490 g/mol. The maximum Gasteiger partial charge on any atom is 0.308 e. The summed E-state index contributed by atoms with van der Waals surface area (Å²) in [7, 11) is -3.62. The van der Waals surface area contributed by atoms with Gasteiger partial charge < -0.3 is 4.74 Å². The number of fused-ring (bicyclic) bond motifs is 2. The first-order valence-corrected chi connectivity index (χ1v) is 11.1. The van der Waals surface area contributed by atoms with E-state index in [4.69, 9.17) is 4.74 Å². The number of carbonyl (C=O) groups is 1. The number of sulfonamides is 1. The lowest BCUT2D eigenvalue weighted by molar-refractivity contribution is -0.144. The summed E-state index contributed by atoms with van der Waals surface area (Å²) in [5.74, 6) is -0.333. The Balaban J connectivity index is 1.37. The Kier molecular flexibility index (Phi) is 5.39. The van der Waals surface area contributed by atoms with Gasteiger partial charge in [-0.2, -0.15) is 0 Å². The lowest BCUT2D eigenvalue weighted by Crippen LogP contribution is -2.22. The van der Waals surface area contributed by atoms with E-state index in [0.717, 1.165) is 4.47 Å². The summed E-state index contributed by atoms with van der Waals surface area (Å²) in [5, 5.41) is 0. The Morgan fingerprint density at radius 1 is 1.23 bits per heavy atom. The summed E-state index contributed by atoms with van der Waals surface area (Å²) in [6.45, 7) is -0.0977. The molecule has 0 spiro atoms. The zero-order valence-electron chi connectivity index (χ0n) is 15.4. The molecule has 1 N–H and O–H groups in total. The molecule has 1 aliphatic rings. The van der Waals surface area contributed by atoms with Crippen LogP contribution >= 0.6 is 15.9 Å². The number of benzene rings is 1. The molecule has 0 fully saturated rings. The van der Waals surface area contributed by atoms with Crippen molar-refractivity contribution in [1.29, 1.82) is 0 Å². The van der Waals surface area contributed by atoms with Crippen LogP contribution in [0.5, 0.6) is 0 Å². The van der Waals surface area contributed by atoms with Crippen LogP contribution in [0.25, 0.3) is 5.65 Å². The maximum atomic E-state index is 12.2. The van der Waals surface area contributed by atoms with Gasteiger partial charge in [-0.05, 0) is 40.2 Å². The number of aromatic nitrogens is 2.